The zero-order valence-electron chi connectivity index (χ0n) is 23.9. The van der Waals surface area contributed by atoms with Crippen LogP contribution in [-0.2, 0) is 32.1 Å². The van der Waals surface area contributed by atoms with Crippen LogP contribution in [0.2, 0.25) is 0 Å². The van der Waals surface area contributed by atoms with Crippen molar-refractivity contribution in [1.82, 2.24) is 9.97 Å². The van der Waals surface area contributed by atoms with Crippen LogP contribution in [0.3, 0.4) is 0 Å². The largest absolute Gasteiger partial charge is 0.345 e. The Hall–Kier alpha value is -3.46. The number of aromatic nitrogens is 2. The van der Waals surface area contributed by atoms with Gasteiger partial charge in [-0.05, 0) is 99.9 Å². The highest BCUT2D eigenvalue weighted by Crippen LogP contribution is 2.47. The molecule has 2 heterocycles. The van der Waals surface area contributed by atoms with E-state index in [-0.39, 0.29) is 5.41 Å². The van der Waals surface area contributed by atoms with Crippen LogP contribution < -0.4 is 0 Å². The molecule has 3 nitrogen and oxygen atoms in total. The summed E-state index contributed by atoms with van der Waals surface area (Å²) in [7, 11) is 0. The maximum atomic E-state index is 5.10. The number of benzene rings is 3. The molecule has 0 spiro atoms. The fourth-order valence-electron chi connectivity index (χ4n) is 7.48. The summed E-state index contributed by atoms with van der Waals surface area (Å²) < 4.78 is 0. The average Bonchev–Trinajstić information content (AvgIpc) is 3.56. The van der Waals surface area contributed by atoms with Gasteiger partial charge in [0.1, 0.15) is 5.82 Å². The summed E-state index contributed by atoms with van der Waals surface area (Å²) in [6.45, 7) is 11.3. The van der Waals surface area contributed by atoms with Crippen molar-refractivity contribution < 1.29 is 0 Å². The quantitative estimate of drug-likeness (QED) is 0.273. The molecule has 0 atom stereocenters. The number of nitrogens with one attached hydrogen (secondary N) is 1. The number of H-pyrrole nitrogens is 1. The van der Waals surface area contributed by atoms with Gasteiger partial charge in [0.25, 0.3) is 0 Å². The molecule has 1 N–H and O–H groups in total. The van der Waals surface area contributed by atoms with Crippen LogP contribution in [0.15, 0.2) is 47.1 Å². The minimum absolute atomic E-state index is 0.134. The summed E-state index contributed by atoms with van der Waals surface area (Å²) in [5, 5.41) is 2.93. The zero-order valence-corrected chi connectivity index (χ0v) is 23.9. The molecule has 3 aliphatic carbocycles. The van der Waals surface area contributed by atoms with Crippen LogP contribution in [0, 0.1) is 5.41 Å². The first kappa shape index (κ1) is 23.4. The second-order valence-electron chi connectivity index (χ2n) is 13.5. The Kier molecular flexibility index (Phi) is 4.83. The van der Waals surface area contributed by atoms with E-state index in [0.717, 1.165) is 50.8 Å². The molecule has 0 bridgehead atoms. The molecular formula is C36H37N3. The Balaban J connectivity index is 1.22. The lowest BCUT2D eigenvalue weighted by molar-refractivity contribution is 0.585. The van der Waals surface area contributed by atoms with Crippen molar-refractivity contribution in [2.45, 2.75) is 85.5 Å². The summed E-state index contributed by atoms with van der Waals surface area (Å²) in [6, 6.07) is 14.7. The van der Waals surface area contributed by atoms with Gasteiger partial charge in [-0.25, -0.2) is 4.98 Å². The number of fused-ring (bicyclic) bond motifs is 11. The number of allylic oxidation sites excluding steroid dienone is 2. The third-order valence-corrected chi connectivity index (χ3v) is 9.70. The molecule has 0 unspecified atom stereocenters. The van der Waals surface area contributed by atoms with Gasteiger partial charge in [-0.1, -0.05) is 65.0 Å². The highest BCUT2D eigenvalue weighted by Gasteiger charge is 2.32. The molecule has 1 aromatic heterocycles. The van der Waals surface area contributed by atoms with E-state index in [1.807, 2.05) is 0 Å². The Labute approximate surface area is 231 Å². The van der Waals surface area contributed by atoms with E-state index in [0.29, 0.717) is 5.92 Å². The molecule has 8 rings (SSSR count). The molecule has 0 radical (unpaired) electrons. The molecule has 39 heavy (non-hydrogen) atoms. The van der Waals surface area contributed by atoms with Gasteiger partial charge >= 0.3 is 0 Å². The predicted octanol–water partition coefficient (Wildman–Crippen LogP) is 8.77. The zero-order chi connectivity index (χ0) is 26.6. The molecule has 3 aromatic carbocycles. The molecule has 0 fully saturated rings. The number of nitrogens with zero attached hydrogens (tertiary/aromatic N) is 2. The number of aryl methyl sites for hydroxylation is 5. The molecule has 4 aliphatic rings. The highest BCUT2D eigenvalue weighted by atomic mass is 14.9. The van der Waals surface area contributed by atoms with Gasteiger partial charge in [-0.3, -0.25) is 4.99 Å². The van der Waals surface area contributed by atoms with E-state index in [1.165, 1.54) is 72.5 Å². The maximum Gasteiger partial charge on any atom is 0.109 e. The first-order valence-corrected chi connectivity index (χ1v) is 14.9. The second kappa shape index (κ2) is 8.03. The maximum absolute atomic E-state index is 5.10. The number of hydrogen-bond donors (Lipinski definition) is 1. The lowest BCUT2D eigenvalue weighted by atomic mass is 9.77. The normalized spacial score (nSPS) is 17.4. The van der Waals surface area contributed by atoms with Crippen LogP contribution in [0.4, 0.5) is 0 Å². The van der Waals surface area contributed by atoms with Crippen LogP contribution >= 0.6 is 0 Å². The molecule has 3 heteroatoms. The van der Waals surface area contributed by atoms with Crippen molar-refractivity contribution >= 4 is 22.1 Å². The standard InChI is InChI=1S/C36H37N3/c1-19(2)35-38-32-14-7-21-16-28-20(17-29(21)34(32)39-35)6-8-22-23-10-12-27-25(24(23)9-11-26(22)28)13-15-31-30(27)18-33(37-31)36(3,4)5/h9-12,16-17,19H,6-8,13-15,18H2,1-5H3,(H,38,39). The smallest absolute Gasteiger partial charge is 0.109 e. The van der Waals surface area contributed by atoms with Crippen molar-refractivity contribution in [2.75, 3.05) is 0 Å². The summed E-state index contributed by atoms with van der Waals surface area (Å²) >= 11 is 0. The topological polar surface area (TPSA) is 41.0 Å². The molecular weight excluding hydrogens is 474 g/mol. The number of rotatable bonds is 1. The van der Waals surface area contributed by atoms with Gasteiger partial charge in [0.15, 0.2) is 0 Å². The van der Waals surface area contributed by atoms with Crippen molar-refractivity contribution in [3.8, 4) is 22.4 Å². The van der Waals surface area contributed by atoms with Crippen LogP contribution in [0.5, 0.6) is 0 Å². The van der Waals surface area contributed by atoms with E-state index in [1.54, 1.807) is 11.1 Å². The van der Waals surface area contributed by atoms with Crippen LogP contribution in [-0.4, -0.2) is 15.7 Å². The van der Waals surface area contributed by atoms with Gasteiger partial charge in [0.05, 0.1) is 5.69 Å². The summed E-state index contributed by atoms with van der Waals surface area (Å²) in [6.07, 6.45) is 7.52. The summed E-state index contributed by atoms with van der Waals surface area (Å²) in [5.74, 6) is 1.54. The molecule has 1 aliphatic heterocycles. The van der Waals surface area contributed by atoms with Crippen LogP contribution in [0.25, 0.3) is 38.7 Å². The SMILES string of the molecule is CC(C)c1nc2c([nH]1)CCc1cc3c(cc1-2)CCc1c-3ccc2c3c(ccc12)C1=C(CC3)N=C(C(C)(C)C)C1. The molecule has 0 saturated carbocycles. The molecule has 4 aromatic rings. The Bertz CT molecular complexity index is 1780. The average molecular weight is 512 g/mol. The summed E-state index contributed by atoms with van der Waals surface area (Å²) in [5.41, 5.74) is 18.5. The van der Waals surface area contributed by atoms with E-state index < -0.39 is 0 Å². The second-order valence-corrected chi connectivity index (χ2v) is 13.5. The van der Waals surface area contributed by atoms with E-state index >= 15 is 0 Å². The molecule has 0 amide bonds. The predicted molar refractivity (Wildman–Crippen MR) is 163 cm³/mol. The van der Waals surface area contributed by atoms with Gasteiger partial charge in [-0.15, -0.1) is 0 Å². The number of imidazole rings is 1. The fraction of sp³-hybridized carbons (Fsp3) is 0.389. The Morgan fingerprint density at radius 2 is 1.41 bits per heavy atom. The van der Waals surface area contributed by atoms with E-state index in [9.17, 15) is 0 Å². The molecule has 196 valence electrons. The van der Waals surface area contributed by atoms with E-state index in [2.05, 4.69) is 76.0 Å². The Morgan fingerprint density at radius 1 is 0.744 bits per heavy atom. The fourth-order valence-corrected chi connectivity index (χ4v) is 7.48. The first-order chi connectivity index (χ1) is 18.8. The summed E-state index contributed by atoms with van der Waals surface area (Å²) in [4.78, 5) is 13.8. The van der Waals surface area contributed by atoms with Gasteiger partial charge in [0, 0.05) is 40.4 Å². The highest BCUT2D eigenvalue weighted by molar-refractivity contribution is 6.06. The Morgan fingerprint density at radius 3 is 2.18 bits per heavy atom. The monoisotopic (exact) mass is 511 g/mol. The van der Waals surface area contributed by atoms with Gasteiger partial charge in [-0.2, -0.15) is 0 Å². The van der Waals surface area contributed by atoms with Crippen molar-refractivity contribution in [2.24, 2.45) is 10.4 Å². The van der Waals surface area contributed by atoms with Crippen LogP contribution in [0.1, 0.15) is 92.7 Å². The third-order valence-electron chi connectivity index (χ3n) is 9.70. The van der Waals surface area contributed by atoms with Crippen molar-refractivity contribution in [1.29, 1.82) is 0 Å². The first-order valence-electron chi connectivity index (χ1n) is 14.9. The van der Waals surface area contributed by atoms with Crippen molar-refractivity contribution in [3.63, 3.8) is 0 Å². The lowest BCUT2D eigenvalue weighted by Gasteiger charge is -2.27. The minimum Gasteiger partial charge on any atom is -0.345 e. The van der Waals surface area contributed by atoms with Crippen molar-refractivity contribution in [3.05, 3.63) is 81.4 Å². The lowest BCUT2D eigenvalue weighted by Crippen LogP contribution is -2.18. The van der Waals surface area contributed by atoms with Gasteiger partial charge < -0.3 is 4.98 Å². The van der Waals surface area contributed by atoms with Gasteiger partial charge in [0.2, 0.25) is 0 Å². The number of aliphatic imine (C=N–C) groups is 1. The number of hydrogen-bond acceptors (Lipinski definition) is 2. The van der Waals surface area contributed by atoms with E-state index in [4.69, 9.17) is 9.98 Å². The number of aromatic amines is 1. The molecule has 0 saturated heterocycles. The third kappa shape index (κ3) is 3.41. The minimum atomic E-state index is 0.134.